The van der Waals surface area contributed by atoms with Crippen LogP contribution in [-0.2, 0) is 16.1 Å². The van der Waals surface area contributed by atoms with Crippen LogP contribution in [0.2, 0.25) is 0 Å². The Balaban J connectivity index is 2.24. The first-order valence-electron chi connectivity index (χ1n) is 6.57. The van der Waals surface area contributed by atoms with Crippen LogP contribution in [-0.4, -0.2) is 62.3 Å². The lowest BCUT2D eigenvalue weighted by molar-refractivity contribution is -0.721. The van der Waals surface area contributed by atoms with E-state index in [1.165, 1.54) is 0 Å². The monoisotopic (exact) mass is 315 g/mol. The van der Waals surface area contributed by atoms with E-state index in [0.717, 1.165) is 0 Å². The number of hydrogen-bond acceptors (Lipinski definition) is 8. The molecule has 0 bridgehead atoms. The summed E-state index contributed by atoms with van der Waals surface area (Å²) in [6, 6.07) is 8.45. The number of aliphatic hydroxyl groups excluding tert-OH is 4. The average Bonchev–Trinajstić information content (AvgIpc) is 2.53. The van der Waals surface area contributed by atoms with Gasteiger partial charge in [0.1, 0.15) is 18.3 Å². The van der Waals surface area contributed by atoms with Gasteiger partial charge in [-0.2, -0.15) is 0 Å². The summed E-state index contributed by atoms with van der Waals surface area (Å²) in [4.78, 5) is 10.3. The third-order valence-corrected chi connectivity index (χ3v) is 3.47. The van der Waals surface area contributed by atoms with Gasteiger partial charge in [0.2, 0.25) is 6.10 Å². The van der Waals surface area contributed by atoms with Crippen molar-refractivity contribution in [3.63, 3.8) is 0 Å². The molecule has 1 heterocycles. The number of nitrogens with zero attached hydrogens (tertiary/aromatic N) is 1. The fourth-order valence-corrected chi connectivity index (χ4v) is 2.21. The van der Waals surface area contributed by atoms with E-state index in [2.05, 4.69) is 0 Å². The molecule has 1 aromatic rings. The van der Waals surface area contributed by atoms with Crippen LogP contribution in [0.4, 0.5) is 0 Å². The SMILES string of the molecule is O=[N+]([O-])[C@@]1(OCc2ccccc2)O[C@H](CO)[C@@H](O)[C@H](O)[C@H]1O. The summed E-state index contributed by atoms with van der Waals surface area (Å²) in [5.74, 6) is -2.78. The van der Waals surface area contributed by atoms with Crippen LogP contribution in [0.25, 0.3) is 0 Å². The lowest BCUT2D eigenvalue weighted by Crippen LogP contribution is -2.69. The maximum absolute atomic E-state index is 11.3. The van der Waals surface area contributed by atoms with Gasteiger partial charge in [0.25, 0.3) is 0 Å². The topological polar surface area (TPSA) is 143 Å². The van der Waals surface area contributed by atoms with E-state index in [-0.39, 0.29) is 6.61 Å². The number of aliphatic hydroxyl groups is 4. The Hall–Kier alpha value is -1.62. The molecule has 122 valence electrons. The molecule has 0 aliphatic carbocycles. The highest BCUT2D eigenvalue weighted by Crippen LogP contribution is 2.32. The Morgan fingerprint density at radius 1 is 1.23 bits per heavy atom. The van der Waals surface area contributed by atoms with Crippen LogP contribution in [0.1, 0.15) is 5.56 Å². The van der Waals surface area contributed by atoms with Crippen LogP contribution in [0, 0.1) is 10.1 Å². The highest BCUT2D eigenvalue weighted by molar-refractivity contribution is 5.13. The van der Waals surface area contributed by atoms with Crippen molar-refractivity contribution < 1.29 is 34.8 Å². The minimum absolute atomic E-state index is 0.264. The molecule has 1 aliphatic heterocycles. The van der Waals surface area contributed by atoms with Crippen LogP contribution in [0.15, 0.2) is 30.3 Å². The largest absolute Gasteiger partial charge is 0.471 e. The molecule has 0 amide bonds. The van der Waals surface area contributed by atoms with Gasteiger partial charge in [-0.1, -0.05) is 30.3 Å². The van der Waals surface area contributed by atoms with Crippen molar-refractivity contribution in [1.82, 2.24) is 0 Å². The second-order valence-corrected chi connectivity index (χ2v) is 4.93. The summed E-state index contributed by atoms with van der Waals surface area (Å²) >= 11 is 0. The van der Waals surface area contributed by atoms with E-state index in [1.54, 1.807) is 30.3 Å². The molecule has 22 heavy (non-hydrogen) atoms. The molecule has 0 saturated carbocycles. The molecule has 0 spiro atoms. The summed E-state index contributed by atoms with van der Waals surface area (Å²) in [5.41, 5.74) is 0.584. The van der Waals surface area contributed by atoms with Crippen molar-refractivity contribution in [3.8, 4) is 0 Å². The van der Waals surface area contributed by atoms with Gasteiger partial charge in [-0.3, -0.25) is 19.6 Å². The van der Waals surface area contributed by atoms with E-state index >= 15 is 0 Å². The van der Waals surface area contributed by atoms with Gasteiger partial charge in [-0.05, 0) is 5.56 Å². The van der Waals surface area contributed by atoms with Crippen LogP contribution < -0.4 is 0 Å². The van der Waals surface area contributed by atoms with Gasteiger partial charge >= 0.3 is 5.91 Å². The van der Waals surface area contributed by atoms with Gasteiger partial charge in [0, 0.05) is 0 Å². The number of nitro groups is 1. The smallest absolute Gasteiger partial charge is 0.394 e. The van der Waals surface area contributed by atoms with Gasteiger partial charge in [-0.15, -0.1) is 0 Å². The van der Waals surface area contributed by atoms with Crippen molar-refractivity contribution >= 4 is 0 Å². The quantitative estimate of drug-likeness (QED) is 0.295. The van der Waals surface area contributed by atoms with Gasteiger partial charge in [-0.25, -0.2) is 0 Å². The second-order valence-electron chi connectivity index (χ2n) is 4.93. The Morgan fingerprint density at radius 2 is 1.86 bits per heavy atom. The summed E-state index contributed by atoms with van der Waals surface area (Å²) in [6.45, 7) is -1.05. The van der Waals surface area contributed by atoms with Crippen molar-refractivity contribution in [2.45, 2.75) is 36.9 Å². The Bertz CT molecular complexity index is 510. The molecule has 9 nitrogen and oxygen atoms in total. The minimum atomic E-state index is -2.78. The predicted octanol–water partition coefficient (Wildman–Crippen LogP) is -1.39. The molecule has 5 atom stereocenters. The Labute approximate surface area is 125 Å². The summed E-state index contributed by atoms with van der Waals surface area (Å²) in [7, 11) is 0. The molecule has 0 radical (unpaired) electrons. The number of ether oxygens (including phenoxy) is 2. The second kappa shape index (κ2) is 6.65. The van der Waals surface area contributed by atoms with Gasteiger partial charge in [0.15, 0.2) is 0 Å². The zero-order valence-corrected chi connectivity index (χ0v) is 11.5. The highest BCUT2D eigenvalue weighted by Gasteiger charge is 2.64. The number of benzene rings is 1. The predicted molar refractivity (Wildman–Crippen MR) is 70.9 cm³/mol. The first kappa shape index (κ1) is 16.7. The number of hydrogen-bond donors (Lipinski definition) is 4. The van der Waals surface area contributed by atoms with Crippen LogP contribution in [0.3, 0.4) is 0 Å². The van der Waals surface area contributed by atoms with Crippen molar-refractivity contribution in [3.05, 3.63) is 46.0 Å². The Kier molecular flexibility index (Phi) is 5.06. The fourth-order valence-electron chi connectivity index (χ4n) is 2.21. The van der Waals surface area contributed by atoms with Crippen LogP contribution in [0.5, 0.6) is 0 Å². The van der Waals surface area contributed by atoms with Crippen molar-refractivity contribution in [2.75, 3.05) is 6.61 Å². The first-order chi connectivity index (χ1) is 10.4. The van der Waals surface area contributed by atoms with Gasteiger partial charge in [0.05, 0.1) is 18.1 Å². The van der Waals surface area contributed by atoms with Crippen LogP contribution >= 0.6 is 0 Å². The zero-order chi connectivity index (χ0) is 16.3. The molecule has 0 unspecified atom stereocenters. The molecule has 0 aromatic heterocycles. The molecular formula is C13H17NO8. The van der Waals surface area contributed by atoms with Crippen molar-refractivity contribution in [1.29, 1.82) is 0 Å². The minimum Gasteiger partial charge on any atom is -0.394 e. The third kappa shape index (κ3) is 2.95. The molecule has 4 N–H and O–H groups in total. The van der Waals surface area contributed by atoms with E-state index in [1.807, 2.05) is 0 Å². The summed E-state index contributed by atoms with van der Waals surface area (Å²) in [5, 5.41) is 49.8. The highest BCUT2D eigenvalue weighted by atomic mass is 16.8. The van der Waals surface area contributed by atoms with E-state index < -0.39 is 41.9 Å². The summed E-state index contributed by atoms with van der Waals surface area (Å²) in [6.07, 6.45) is -7.15. The van der Waals surface area contributed by atoms with Gasteiger partial charge < -0.3 is 20.4 Å². The van der Waals surface area contributed by atoms with E-state index in [9.17, 15) is 25.4 Å². The lowest BCUT2D eigenvalue weighted by Gasteiger charge is -2.41. The molecule has 1 aromatic carbocycles. The van der Waals surface area contributed by atoms with E-state index in [4.69, 9.17) is 14.6 Å². The molecule has 1 saturated heterocycles. The molecule has 2 rings (SSSR count). The average molecular weight is 315 g/mol. The standard InChI is InChI=1S/C13H17NO8/c15-6-9-10(16)11(17)12(18)13(22-9,14(19)20)21-7-8-4-2-1-3-5-8/h1-5,9-12,15-18H,6-7H2/t9-,10-,11+,12-,13+/m1/s1. The molecular weight excluding hydrogens is 298 g/mol. The fraction of sp³-hybridized carbons (Fsp3) is 0.538. The number of rotatable bonds is 5. The Morgan fingerprint density at radius 3 is 2.41 bits per heavy atom. The molecule has 1 fully saturated rings. The normalized spacial score (nSPS) is 35.3. The summed E-state index contributed by atoms with van der Waals surface area (Å²) < 4.78 is 10.1. The van der Waals surface area contributed by atoms with Crippen molar-refractivity contribution in [2.24, 2.45) is 0 Å². The maximum Gasteiger partial charge on any atom is 0.471 e. The maximum atomic E-state index is 11.3. The lowest BCUT2D eigenvalue weighted by atomic mass is 9.96. The third-order valence-electron chi connectivity index (χ3n) is 3.47. The van der Waals surface area contributed by atoms with E-state index in [0.29, 0.717) is 5.56 Å². The first-order valence-corrected chi connectivity index (χ1v) is 6.57. The molecule has 9 heteroatoms. The zero-order valence-electron chi connectivity index (χ0n) is 11.5. The molecule has 1 aliphatic rings.